The van der Waals surface area contributed by atoms with E-state index < -0.39 is 0 Å². The van der Waals surface area contributed by atoms with E-state index in [1.54, 1.807) is 24.1 Å². The molecule has 0 aromatic heterocycles. The monoisotopic (exact) mass is 347 g/mol. The van der Waals surface area contributed by atoms with E-state index in [4.69, 9.17) is 25.8 Å². The van der Waals surface area contributed by atoms with E-state index >= 15 is 0 Å². The van der Waals surface area contributed by atoms with Crippen molar-refractivity contribution in [1.29, 1.82) is 0 Å². The van der Waals surface area contributed by atoms with E-state index in [-0.39, 0.29) is 12.7 Å². The summed E-state index contributed by atoms with van der Waals surface area (Å²) < 4.78 is 16.0. The van der Waals surface area contributed by atoms with Gasteiger partial charge in [-0.05, 0) is 36.8 Å². The third-order valence-corrected chi connectivity index (χ3v) is 3.96. The predicted octanol–water partition coefficient (Wildman–Crippen LogP) is 3.74. The molecule has 126 valence electrons. The number of fused-ring (bicyclic) bond motifs is 1. The van der Waals surface area contributed by atoms with Gasteiger partial charge in [0, 0.05) is 19.2 Å². The van der Waals surface area contributed by atoms with Gasteiger partial charge in [0.05, 0.1) is 11.6 Å². The third kappa shape index (κ3) is 3.41. The summed E-state index contributed by atoms with van der Waals surface area (Å²) >= 11 is 6.14. The Kier molecular flexibility index (Phi) is 4.81. The molecule has 0 fully saturated rings. The molecule has 0 atom stereocenters. The number of halogens is 1. The zero-order chi connectivity index (χ0) is 17.1. The van der Waals surface area contributed by atoms with Crippen molar-refractivity contribution < 1.29 is 19.0 Å². The zero-order valence-electron chi connectivity index (χ0n) is 13.5. The van der Waals surface area contributed by atoms with Gasteiger partial charge in [-0.15, -0.1) is 0 Å². The Morgan fingerprint density at radius 1 is 1.25 bits per heavy atom. The summed E-state index contributed by atoms with van der Waals surface area (Å²) in [5.74, 6) is 1.67. The molecular formula is C18H18ClNO4. The first kappa shape index (κ1) is 16.5. The van der Waals surface area contributed by atoms with E-state index in [9.17, 15) is 4.79 Å². The highest BCUT2D eigenvalue weighted by atomic mass is 35.5. The minimum atomic E-state index is -0.135. The van der Waals surface area contributed by atoms with Gasteiger partial charge in [-0.3, -0.25) is 4.79 Å². The molecule has 0 spiro atoms. The first-order valence-electron chi connectivity index (χ1n) is 7.65. The van der Waals surface area contributed by atoms with E-state index in [0.29, 0.717) is 35.2 Å². The van der Waals surface area contributed by atoms with E-state index in [1.807, 2.05) is 31.2 Å². The summed E-state index contributed by atoms with van der Waals surface area (Å²) in [6.07, 6.45) is 0. The predicted molar refractivity (Wildman–Crippen MR) is 91.0 cm³/mol. The summed E-state index contributed by atoms with van der Waals surface area (Å²) in [6.45, 7) is 3.17. The minimum absolute atomic E-state index is 0.120. The molecule has 5 nitrogen and oxygen atoms in total. The normalized spacial score (nSPS) is 12.1. The molecule has 0 saturated carbocycles. The second kappa shape index (κ2) is 7.01. The Hall–Kier alpha value is -2.40. The number of nitrogens with zero attached hydrogens (tertiary/aromatic N) is 1. The lowest BCUT2D eigenvalue weighted by molar-refractivity contribution is 0.0784. The van der Waals surface area contributed by atoms with Gasteiger partial charge >= 0.3 is 0 Å². The molecule has 24 heavy (non-hydrogen) atoms. The second-order valence-corrected chi connectivity index (χ2v) is 5.84. The van der Waals surface area contributed by atoms with Crippen molar-refractivity contribution in [3.63, 3.8) is 0 Å². The molecule has 0 radical (unpaired) electrons. The molecule has 0 saturated heterocycles. The van der Waals surface area contributed by atoms with Gasteiger partial charge < -0.3 is 19.1 Å². The number of carbonyl (C=O) groups is 1. The number of amides is 1. The van der Waals surface area contributed by atoms with E-state index in [1.165, 1.54) is 0 Å². The smallest absolute Gasteiger partial charge is 0.254 e. The highest BCUT2D eigenvalue weighted by Crippen LogP contribution is 2.40. The fourth-order valence-corrected chi connectivity index (χ4v) is 2.78. The van der Waals surface area contributed by atoms with Crippen molar-refractivity contribution in [2.45, 2.75) is 13.5 Å². The Labute approximate surface area is 145 Å². The maximum Gasteiger partial charge on any atom is 0.254 e. The maximum atomic E-state index is 12.6. The lowest BCUT2D eigenvalue weighted by atomic mass is 10.1. The number of rotatable bonds is 5. The van der Waals surface area contributed by atoms with Crippen molar-refractivity contribution in [3.8, 4) is 17.2 Å². The number of hydrogen-bond donors (Lipinski definition) is 0. The minimum Gasteiger partial charge on any atom is -0.494 e. The molecule has 6 heteroatoms. The SMILES string of the molecule is CCOc1ccc(CN(C)C(=O)c2cc(Cl)c3c(c2)OCO3)cc1. The molecule has 0 unspecified atom stereocenters. The molecule has 0 aliphatic carbocycles. The Morgan fingerprint density at radius 3 is 2.71 bits per heavy atom. The van der Waals surface area contributed by atoms with Gasteiger partial charge in [-0.1, -0.05) is 23.7 Å². The number of benzene rings is 2. The molecule has 1 heterocycles. The average Bonchev–Trinajstić information content (AvgIpc) is 3.05. The lowest BCUT2D eigenvalue weighted by Crippen LogP contribution is -2.26. The molecule has 0 bridgehead atoms. The highest BCUT2D eigenvalue weighted by Gasteiger charge is 2.22. The van der Waals surface area contributed by atoms with Crippen molar-refractivity contribution in [1.82, 2.24) is 4.90 Å². The van der Waals surface area contributed by atoms with Gasteiger partial charge in [0.25, 0.3) is 5.91 Å². The lowest BCUT2D eigenvalue weighted by Gasteiger charge is -2.18. The van der Waals surface area contributed by atoms with E-state index in [2.05, 4.69) is 0 Å². The number of carbonyl (C=O) groups excluding carboxylic acids is 1. The van der Waals surface area contributed by atoms with Crippen LogP contribution in [0.4, 0.5) is 0 Å². The largest absolute Gasteiger partial charge is 0.494 e. The van der Waals surface area contributed by atoms with Gasteiger partial charge in [0.15, 0.2) is 11.5 Å². The molecule has 3 rings (SSSR count). The van der Waals surface area contributed by atoms with Crippen LogP contribution in [0.2, 0.25) is 5.02 Å². The molecule has 1 aliphatic rings. The Bertz CT molecular complexity index is 745. The van der Waals surface area contributed by atoms with Crippen LogP contribution in [0.25, 0.3) is 0 Å². The topological polar surface area (TPSA) is 48.0 Å². The maximum absolute atomic E-state index is 12.6. The molecule has 1 amide bonds. The van der Waals surface area contributed by atoms with Crippen LogP contribution >= 0.6 is 11.6 Å². The first-order chi connectivity index (χ1) is 11.6. The standard InChI is InChI=1S/C18H18ClNO4/c1-3-22-14-6-4-12(5-7-14)10-20(2)18(21)13-8-15(19)17-16(9-13)23-11-24-17/h4-9H,3,10-11H2,1-2H3. The van der Waals surface area contributed by atoms with Crippen LogP contribution in [0, 0.1) is 0 Å². The summed E-state index contributed by atoms with van der Waals surface area (Å²) in [4.78, 5) is 14.2. The molecule has 2 aromatic rings. The fourth-order valence-electron chi connectivity index (χ4n) is 2.51. The van der Waals surface area contributed by atoms with Crippen LogP contribution in [-0.4, -0.2) is 31.3 Å². The van der Waals surface area contributed by atoms with Crippen molar-refractivity contribution in [2.24, 2.45) is 0 Å². The summed E-state index contributed by atoms with van der Waals surface area (Å²) in [7, 11) is 1.75. The molecular weight excluding hydrogens is 330 g/mol. The van der Waals surface area contributed by atoms with Crippen LogP contribution in [0.3, 0.4) is 0 Å². The highest BCUT2D eigenvalue weighted by molar-refractivity contribution is 6.32. The van der Waals surface area contributed by atoms with Crippen LogP contribution in [0.5, 0.6) is 17.2 Å². The average molecular weight is 348 g/mol. The number of hydrogen-bond acceptors (Lipinski definition) is 4. The molecule has 0 N–H and O–H groups in total. The molecule has 2 aromatic carbocycles. The van der Waals surface area contributed by atoms with Gasteiger partial charge in [-0.2, -0.15) is 0 Å². The zero-order valence-corrected chi connectivity index (χ0v) is 14.3. The van der Waals surface area contributed by atoms with E-state index in [0.717, 1.165) is 11.3 Å². The van der Waals surface area contributed by atoms with Gasteiger partial charge in [0.1, 0.15) is 5.75 Å². The summed E-state index contributed by atoms with van der Waals surface area (Å²) in [5.41, 5.74) is 1.49. The van der Waals surface area contributed by atoms with Gasteiger partial charge in [0.2, 0.25) is 6.79 Å². The van der Waals surface area contributed by atoms with Crippen LogP contribution in [0.1, 0.15) is 22.8 Å². The Balaban J connectivity index is 1.72. The summed E-state index contributed by atoms with van der Waals surface area (Å²) in [6, 6.07) is 10.9. The van der Waals surface area contributed by atoms with Crippen LogP contribution < -0.4 is 14.2 Å². The van der Waals surface area contributed by atoms with Crippen molar-refractivity contribution >= 4 is 17.5 Å². The second-order valence-electron chi connectivity index (χ2n) is 5.43. The number of ether oxygens (including phenoxy) is 3. The van der Waals surface area contributed by atoms with Crippen LogP contribution in [-0.2, 0) is 6.54 Å². The van der Waals surface area contributed by atoms with Crippen molar-refractivity contribution in [3.05, 3.63) is 52.5 Å². The first-order valence-corrected chi connectivity index (χ1v) is 8.02. The Morgan fingerprint density at radius 2 is 2.00 bits per heavy atom. The van der Waals surface area contributed by atoms with Crippen molar-refractivity contribution in [2.75, 3.05) is 20.4 Å². The van der Waals surface area contributed by atoms with Crippen LogP contribution in [0.15, 0.2) is 36.4 Å². The molecule has 1 aliphatic heterocycles. The van der Waals surface area contributed by atoms with Gasteiger partial charge in [-0.25, -0.2) is 0 Å². The third-order valence-electron chi connectivity index (χ3n) is 3.67. The quantitative estimate of drug-likeness (QED) is 0.826. The fraction of sp³-hybridized carbons (Fsp3) is 0.278. The summed E-state index contributed by atoms with van der Waals surface area (Å²) in [5, 5.41) is 0.378.